The second-order valence-electron chi connectivity index (χ2n) is 8.38. The van der Waals surface area contributed by atoms with Gasteiger partial charge in [-0.3, -0.25) is 20.2 Å². The number of nitrogens with zero attached hydrogens (tertiary/aromatic N) is 1. The normalized spacial score (nSPS) is 11.2. The quantitative estimate of drug-likeness (QED) is 0.128. The molecule has 0 aliphatic heterocycles. The van der Waals surface area contributed by atoms with Gasteiger partial charge in [0.1, 0.15) is 17.8 Å². The fourth-order valence-corrected chi connectivity index (χ4v) is 3.57. The summed E-state index contributed by atoms with van der Waals surface area (Å²) in [6.45, 7) is 1.46. The molecule has 0 saturated carbocycles. The first kappa shape index (κ1) is 29.5. The number of anilines is 2. The first-order valence-electron chi connectivity index (χ1n) is 11.9. The van der Waals surface area contributed by atoms with Gasteiger partial charge in [-0.25, -0.2) is 14.0 Å². The zero-order chi connectivity index (χ0) is 29.2. The van der Waals surface area contributed by atoms with Gasteiger partial charge in [0.15, 0.2) is 11.5 Å². The number of esters is 1. The highest BCUT2D eigenvalue weighted by molar-refractivity contribution is 6.00. The van der Waals surface area contributed by atoms with Gasteiger partial charge in [-0.2, -0.15) is 0 Å². The Kier molecular flexibility index (Phi) is 10.1. The lowest BCUT2D eigenvalue weighted by Crippen LogP contribution is -2.36. The van der Waals surface area contributed by atoms with E-state index in [0.29, 0.717) is 17.0 Å². The number of nitro benzene ring substituents is 1. The van der Waals surface area contributed by atoms with E-state index >= 15 is 0 Å². The van der Waals surface area contributed by atoms with Gasteiger partial charge in [0.05, 0.1) is 42.6 Å². The van der Waals surface area contributed by atoms with Crippen molar-refractivity contribution >= 4 is 34.8 Å². The SMILES string of the molecule is COC(=O)c1ccc(OC(C)NCC(=O)Cc2ccc(NC(=O)Nc3ccccc3F)c(OC)c2)c([N+](=O)[O-])c1. The van der Waals surface area contributed by atoms with Crippen molar-refractivity contribution in [3.8, 4) is 11.5 Å². The monoisotopic (exact) mass is 554 g/mol. The Balaban J connectivity index is 1.56. The van der Waals surface area contributed by atoms with E-state index in [1.165, 1.54) is 37.4 Å². The van der Waals surface area contributed by atoms with E-state index in [-0.39, 0.29) is 35.7 Å². The molecular weight excluding hydrogens is 527 g/mol. The molecule has 0 radical (unpaired) electrons. The van der Waals surface area contributed by atoms with Crippen LogP contribution in [0.25, 0.3) is 0 Å². The fourth-order valence-electron chi connectivity index (χ4n) is 3.57. The molecule has 0 aliphatic rings. The minimum absolute atomic E-state index is 0.000271. The molecule has 0 fully saturated rings. The van der Waals surface area contributed by atoms with Crippen LogP contribution < -0.4 is 25.4 Å². The third-order valence-corrected chi connectivity index (χ3v) is 5.50. The lowest BCUT2D eigenvalue weighted by molar-refractivity contribution is -0.386. The fraction of sp³-hybridized carbons (Fsp3) is 0.222. The van der Waals surface area contributed by atoms with Gasteiger partial charge in [0, 0.05) is 12.5 Å². The largest absolute Gasteiger partial charge is 0.495 e. The topological polar surface area (TPSA) is 158 Å². The number of ketones is 1. The molecule has 3 rings (SSSR count). The Morgan fingerprint density at radius 2 is 1.70 bits per heavy atom. The van der Waals surface area contributed by atoms with Crippen LogP contribution in [0, 0.1) is 15.9 Å². The van der Waals surface area contributed by atoms with E-state index in [1.807, 2.05) is 0 Å². The molecule has 2 amide bonds. The maximum atomic E-state index is 13.8. The maximum Gasteiger partial charge on any atom is 0.338 e. The minimum Gasteiger partial charge on any atom is -0.495 e. The number of methoxy groups -OCH3 is 2. The molecule has 40 heavy (non-hydrogen) atoms. The number of halogens is 1. The molecule has 0 aromatic heterocycles. The number of rotatable bonds is 12. The van der Waals surface area contributed by atoms with Crippen LogP contribution in [0.4, 0.5) is 26.2 Å². The first-order valence-corrected chi connectivity index (χ1v) is 11.9. The summed E-state index contributed by atoms with van der Waals surface area (Å²) in [6.07, 6.45) is -0.758. The summed E-state index contributed by atoms with van der Waals surface area (Å²) in [4.78, 5) is 47.2. The second kappa shape index (κ2) is 13.7. The Morgan fingerprint density at radius 1 is 0.975 bits per heavy atom. The van der Waals surface area contributed by atoms with E-state index in [9.17, 15) is 28.9 Å². The van der Waals surface area contributed by atoms with Gasteiger partial charge in [-0.15, -0.1) is 0 Å². The summed E-state index contributed by atoms with van der Waals surface area (Å²) >= 11 is 0. The molecule has 0 heterocycles. The summed E-state index contributed by atoms with van der Waals surface area (Å²) in [5.41, 5.74) is 0.504. The molecule has 0 spiro atoms. The highest BCUT2D eigenvalue weighted by Gasteiger charge is 2.21. The van der Waals surface area contributed by atoms with Crippen LogP contribution in [0.1, 0.15) is 22.8 Å². The number of nitro groups is 1. The van der Waals surface area contributed by atoms with E-state index in [1.54, 1.807) is 31.2 Å². The molecule has 3 aromatic rings. The molecule has 12 nitrogen and oxygen atoms in total. The highest BCUT2D eigenvalue weighted by atomic mass is 19.1. The number of Topliss-reactive ketones (excluding diaryl/α,β-unsaturated/α-hetero) is 1. The predicted molar refractivity (Wildman–Crippen MR) is 143 cm³/mol. The number of hydrogen-bond donors (Lipinski definition) is 3. The molecule has 1 atom stereocenters. The van der Waals surface area contributed by atoms with Crippen molar-refractivity contribution < 1.29 is 37.9 Å². The summed E-state index contributed by atoms with van der Waals surface area (Å²) in [5, 5.41) is 19.2. The predicted octanol–water partition coefficient (Wildman–Crippen LogP) is 4.30. The summed E-state index contributed by atoms with van der Waals surface area (Å²) in [6, 6.07) is 13.5. The van der Waals surface area contributed by atoms with Crippen molar-refractivity contribution in [2.24, 2.45) is 0 Å². The van der Waals surface area contributed by atoms with Crippen LogP contribution in [-0.2, 0) is 16.0 Å². The van der Waals surface area contributed by atoms with E-state index in [2.05, 4.69) is 20.7 Å². The van der Waals surface area contributed by atoms with Crippen LogP contribution in [0.3, 0.4) is 0 Å². The van der Waals surface area contributed by atoms with Crippen molar-refractivity contribution in [1.82, 2.24) is 5.32 Å². The smallest absolute Gasteiger partial charge is 0.338 e. The zero-order valence-electron chi connectivity index (χ0n) is 21.9. The number of hydrogen-bond acceptors (Lipinski definition) is 9. The Bertz CT molecular complexity index is 1420. The van der Waals surface area contributed by atoms with Crippen molar-refractivity contribution in [3.05, 3.63) is 87.7 Å². The summed E-state index contributed by atoms with van der Waals surface area (Å²) in [5.74, 6) is -1.32. The van der Waals surface area contributed by atoms with E-state index < -0.39 is 34.7 Å². The minimum atomic E-state index is -0.777. The van der Waals surface area contributed by atoms with Crippen LogP contribution >= 0.6 is 0 Å². The van der Waals surface area contributed by atoms with E-state index in [4.69, 9.17) is 9.47 Å². The van der Waals surface area contributed by atoms with Crippen LogP contribution in [0.5, 0.6) is 11.5 Å². The summed E-state index contributed by atoms with van der Waals surface area (Å²) in [7, 11) is 2.57. The molecule has 0 saturated heterocycles. The number of carbonyl (C=O) groups is 3. The van der Waals surface area contributed by atoms with Gasteiger partial charge in [0.25, 0.3) is 0 Å². The highest BCUT2D eigenvalue weighted by Crippen LogP contribution is 2.29. The second-order valence-corrected chi connectivity index (χ2v) is 8.38. The van der Waals surface area contributed by atoms with Crippen LogP contribution in [-0.4, -0.2) is 49.7 Å². The number of urea groups is 1. The Labute approximate surface area is 228 Å². The van der Waals surface area contributed by atoms with Crippen molar-refractivity contribution in [1.29, 1.82) is 0 Å². The molecule has 0 aliphatic carbocycles. The van der Waals surface area contributed by atoms with Gasteiger partial charge in [0.2, 0.25) is 0 Å². The van der Waals surface area contributed by atoms with Crippen molar-refractivity contribution in [2.75, 3.05) is 31.4 Å². The first-order chi connectivity index (χ1) is 19.1. The van der Waals surface area contributed by atoms with E-state index in [0.717, 1.165) is 13.2 Å². The molecule has 0 bridgehead atoms. The number of ether oxygens (including phenoxy) is 3. The number of carbonyl (C=O) groups excluding carboxylic acids is 3. The number of nitrogens with one attached hydrogen (secondary N) is 3. The zero-order valence-corrected chi connectivity index (χ0v) is 21.9. The lowest BCUT2D eigenvalue weighted by atomic mass is 10.1. The third kappa shape index (κ3) is 7.98. The number of benzene rings is 3. The van der Waals surface area contributed by atoms with Gasteiger partial charge in [-0.1, -0.05) is 18.2 Å². The Morgan fingerprint density at radius 3 is 2.38 bits per heavy atom. The van der Waals surface area contributed by atoms with Crippen LogP contribution in [0.15, 0.2) is 60.7 Å². The summed E-state index contributed by atoms with van der Waals surface area (Å²) < 4.78 is 29.2. The molecule has 210 valence electrons. The Hall–Kier alpha value is -5.04. The molecular formula is C27H27FN4O8. The maximum absolute atomic E-state index is 13.8. The molecule has 1 unspecified atom stereocenters. The number of amides is 2. The molecule has 3 aromatic carbocycles. The van der Waals surface area contributed by atoms with Crippen molar-refractivity contribution in [3.63, 3.8) is 0 Å². The number of para-hydroxylation sites is 1. The molecule has 3 N–H and O–H groups in total. The van der Waals surface area contributed by atoms with Gasteiger partial charge >= 0.3 is 17.7 Å². The van der Waals surface area contributed by atoms with Crippen molar-refractivity contribution in [2.45, 2.75) is 19.6 Å². The third-order valence-electron chi connectivity index (χ3n) is 5.50. The average molecular weight is 555 g/mol. The molecule has 13 heteroatoms. The van der Waals surface area contributed by atoms with Gasteiger partial charge in [-0.05, 0) is 48.9 Å². The lowest BCUT2D eigenvalue weighted by Gasteiger charge is -2.16. The van der Waals surface area contributed by atoms with Gasteiger partial charge < -0.3 is 24.8 Å². The van der Waals surface area contributed by atoms with Crippen LogP contribution in [0.2, 0.25) is 0 Å². The average Bonchev–Trinajstić information content (AvgIpc) is 2.93. The standard InChI is InChI=1S/C27H27FN4O8/c1-16(40-24-11-9-18(26(34)39-3)14-23(24)32(36)37)29-15-19(33)12-17-8-10-22(25(13-17)38-2)31-27(35)30-21-7-5-4-6-20(21)28/h4-11,13-14,16,29H,12,15H2,1-3H3,(H2,30,31,35).